The van der Waals surface area contributed by atoms with Gasteiger partial charge in [0.15, 0.2) is 0 Å². The van der Waals surface area contributed by atoms with E-state index in [1.807, 2.05) is 6.92 Å². The zero-order valence-corrected chi connectivity index (χ0v) is 21.1. The van der Waals surface area contributed by atoms with Crippen LogP contribution in [-0.4, -0.2) is 28.0 Å². The number of fused-ring (bicyclic) bond motifs is 1. The third-order valence-electron chi connectivity index (χ3n) is 6.48. The molecule has 0 spiro atoms. The molecule has 1 atom stereocenters. The molecule has 1 aliphatic rings. The lowest BCUT2D eigenvalue weighted by molar-refractivity contribution is -0.120. The van der Waals surface area contributed by atoms with Crippen LogP contribution < -0.4 is 14.4 Å². The highest BCUT2D eigenvalue weighted by Crippen LogP contribution is 2.28. The molecule has 1 aliphatic carbocycles. The topological polar surface area (TPSA) is 75.7 Å². The summed E-state index contributed by atoms with van der Waals surface area (Å²) in [6, 6.07) is 21.1. The van der Waals surface area contributed by atoms with E-state index in [9.17, 15) is 13.2 Å². The van der Waals surface area contributed by atoms with Crippen molar-refractivity contribution >= 4 is 21.6 Å². The van der Waals surface area contributed by atoms with Crippen LogP contribution in [-0.2, 0) is 27.7 Å². The van der Waals surface area contributed by atoms with Crippen molar-refractivity contribution in [3.8, 4) is 5.75 Å². The Morgan fingerprint density at radius 1 is 0.971 bits per heavy atom. The van der Waals surface area contributed by atoms with Crippen LogP contribution in [0.2, 0.25) is 0 Å². The van der Waals surface area contributed by atoms with E-state index in [4.69, 9.17) is 4.74 Å². The minimum atomic E-state index is -3.98. The molecule has 0 saturated carbocycles. The van der Waals surface area contributed by atoms with Gasteiger partial charge in [-0.3, -0.25) is 9.10 Å². The van der Waals surface area contributed by atoms with E-state index in [0.29, 0.717) is 17.9 Å². The fourth-order valence-electron chi connectivity index (χ4n) is 4.56. The molecule has 1 amide bonds. The maximum absolute atomic E-state index is 13.6. The maximum atomic E-state index is 13.6. The largest absolute Gasteiger partial charge is 0.497 e. The second kappa shape index (κ2) is 11.0. The predicted octanol–water partition coefficient (Wildman–Crippen LogP) is 5.04. The van der Waals surface area contributed by atoms with Crippen LogP contribution in [0.25, 0.3) is 0 Å². The lowest BCUT2D eigenvalue weighted by Gasteiger charge is -2.26. The minimum Gasteiger partial charge on any atom is -0.497 e. The first-order valence-corrected chi connectivity index (χ1v) is 13.5. The standard InChI is InChI=1S/C28H32N2O4S/c1-3-27(23-17-16-21-10-7-8-11-22(21)18-23)29-28(31)20-30(24-12-9-13-25(19-24)34-2)35(32,33)26-14-5-4-6-15-26/h4-6,9,12-19,27H,3,7-8,10-11,20H2,1-2H3,(H,29,31)/t27-/m0/s1. The number of rotatable bonds is 9. The summed E-state index contributed by atoms with van der Waals surface area (Å²) in [7, 11) is -2.46. The average Bonchev–Trinajstić information content (AvgIpc) is 2.90. The first kappa shape index (κ1) is 24.8. The number of ether oxygens (including phenoxy) is 1. The second-order valence-electron chi connectivity index (χ2n) is 8.79. The van der Waals surface area contributed by atoms with Gasteiger partial charge >= 0.3 is 0 Å². The van der Waals surface area contributed by atoms with Crippen molar-refractivity contribution in [3.05, 3.63) is 89.5 Å². The Balaban J connectivity index is 1.60. The number of hydrogen-bond acceptors (Lipinski definition) is 4. The van der Waals surface area contributed by atoms with Gasteiger partial charge in [-0.25, -0.2) is 8.42 Å². The van der Waals surface area contributed by atoms with Crippen LogP contribution in [0.1, 0.15) is 48.9 Å². The lowest BCUT2D eigenvalue weighted by Crippen LogP contribution is -2.42. The van der Waals surface area contributed by atoms with E-state index in [1.54, 1.807) is 42.5 Å². The second-order valence-corrected chi connectivity index (χ2v) is 10.7. The van der Waals surface area contributed by atoms with E-state index >= 15 is 0 Å². The molecule has 3 aromatic rings. The fraction of sp³-hybridized carbons (Fsp3) is 0.321. The molecule has 4 rings (SSSR count). The molecule has 1 N–H and O–H groups in total. The van der Waals surface area contributed by atoms with Gasteiger partial charge in [-0.05, 0) is 73.1 Å². The van der Waals surface area contributed by atoms with Crippen LogP contribution in [0.4, 0.5) is 5.69 Å². The number of hydrogen-bond donors (Lipinski definition) is 1. The Bertz CT molecular complexity index is 1280. The Hall–Kier alpha value is -3.32. The van der Waals surface area contributed by atoms with Crippen LogP contribution in [0.3, 0.4) is 0 Å². The molecule has 0 aliphatic heterocycles. The van der Waals surface area contributed by atoms with Gasteiger partial charge in [0.05, 0.1) is 23.7 Å². The number of nitrogens with zero attached hydrogens (tertiary/aromatic N) is 1. The van der Waals surface area contributed by atoms with Gasteiger partial charge in [0.2, 0.25) is 5.91 Å². The zero-order valence-electron chi connectivity index (χ0n) is 20.2. The molecule has 3 aromatic carbocycles. The SMILES string of the molecule is CC[C@H](NC(=O)CN(c1cccc(OC)c1)S(=O)(=O)c1ccccc1)c1ccc2c(c1)CCCC2. The van der Waals surface area contributed by atoms with Crippen LogP contribution in [0.15, 0.2) is 77.7 Å². The molecule has 0 radical (unpaired) electrons. The quantitative estimate of drug-likeness (QED) is 0.454. The Kier molecular flexibility index (Phi) is 7.76. The predicted molar refractivity (Wildman–Crippen MR) is 138 cm³/mol. The molecule has 0 saturated heterocycles. The molecule has 7 heteroatoms. The highest BCUT2D eigenvalue weighted by Gasteiger charge is 2.28. The minimum absolute atomic E-state index is 0.123. The van der Waals surface area contributed by atoms with E-state index < -0.39 is 10.0 Å². The van der Waals surface area contributed by atoms with E-state index in [-0.39, 0.29) is 23.4 Å². The number of carbonyl (C=O) groups excluding carboxylic acids is 1. The van der Waals surface area contributed by atoms with E-state index in [2.05, 4.69) is 23.5 Å². The number of benzene rings is 3. The van der Waals surface area contributed by atoms with Gasteiger partial charge in [0.1, 0.15) is 12.3 Å². The van der Waals surface area contributed by atoms with Gasteiger partial charge in [-0.1, -0.05) is 49.4 Å². The van der Waals surface area contributed by atoms with Gasteiger partial charge in [0, 0.05) is 6.07 Å². The number of aryl methyl sites for hydroxylation is 2. The van der Waals surface area contributed by atoms with Crippen molar-refractivity contribution in [2.24, 2.45) is 0 Å². The smallest absolute Gasteiger partial charge is 0.264 e. The molecular formula is C28H32N2O4S. The number of nitrogens with one attached hydrogen (secondary N) is 1. The summed E-state index contributed by atoms with van der Waals surface area (Å²) < 4.78 is 33.5. The molecule has 0 aromatic heterocycles. The third kappa shape index (κ3) is 5.68. The van der Waals surface area contributed by atoms with Gasteiger partial charge < -0.3 is 10.1 Å². The van der Waals surface area contributed by atoms with Crippen molar-refractivity contribution in [2.45, 2.75) is 50.0 Å². The average molecular weight is 493 g/mol. The Labute approximate surface area is 208 Å². The summed E-state index contributed by atoms with van der Waals surface area (Å²) in [5.41, 5.74) is 4.16. The molecule has 0 heterocycles. The summed E-state index contributed by atoms with van der Waals surface area (Å²) in [4.78, 5) is 13.4. The summed E-state index contributed by atoms with van der Waals surface area (Å²) in [6.07, 6.45) is 5.27. The number of sulfonamides is 1. The third-order valence-corrected chi connectivity index (χ3v) is 8.27. The van der Waals surface area contributed by atoms with Crippen LogP contribution >= 0.6 is 0 Å². The molecule has 0 bridgehead atoms. The van der Waals surface area contributed by atoms with Crippen LogP contribution in [0, 0.1) is 0 Å². The van der Waals surface area contributed by atoms with Crippen molar-refractivity contribution in [1.29, 1.82) is 0 Å². The first-order chi connectivity index (χ1) is 16.9. The fourth-order valence-corrected chi connectivity index (χ4v) is 6.00. The lowest BCUT2D eigenvalue weighted by atomic mass is 9.89. The summed E-state index contributed by atoms with van der Waals surface area (Å²) in [5.74, 6) is 0.147. The zero-order chi connectivity index (χ0) is 24.8. The van der Waals surface area contributed by atoms with E-state index in [0.717, 1.165) is 22.7 Å². The van der Waals surface area contributed by atoms with Crippen molar-refractivity contribution in [1.82, 2.24) is 5.32 Å². The molecule has 0 unspecified atom stereocenters. The van der Waals surface area contributed by atoms with Crippen molar-refractivity contribution in [3.63, 3.8) is 0 Å². The van der Waals surface area contributed by atoms with Gasteiger partial charge in [-0.15, -0.1) is 0 Å². The summed E-state index contributed by atoms with van der Waals surface area (Å²) in [5, 5.41) is 3.07. The highest BCUT2D eigenvalue weighted by molar-refractivity contribution is 7.92. The first-order valence-electron chi connectivity index (χ1n) is 12.0. The van der Waals surface area contributed by atoms with Gasteiger partial charge in [-0.2, -0.15) is 0 Å². The van der Waals surface area contributed by atoms with Crippen molar-refractivity contribution < 1.29 is 17.9 Å². The van der Waals surface area contributed by atoms with E-state index in [1.165, 1.54) is 43.2 Å². The molecular weight excluding hydrogens is 460 g/mol. The molecule has 0 fully saturated rings. The molecule has 184 valence electrons. The monoisotopic (exact) mass is 492 g/mol. The normalized spacial score (nSPS) is 14.0. The van der Waals surface area contributed by atoms with Crippen molar-refractivity contribution in [2.75, 3.05) is 18.0 Å². The van der Waals surface area contributed by atoms with Crippen LogP contribution in [0.5, 0.6) is 5.75 Å². The highest BCUT2D eigenvalue weighted by atomic mass is 32.2. The number of carbonyl (C=O) groups is 1. The summed E-state index contributed by atoms with van der Waals surface area (Å²) >= 11 is 0. The Morgan fingerprint density at radius 3 is 2.43 bits per heavy atom. The Morgan fingerprint density at radius 2 is 1.71 bits per heavy atom. The number of amides is 1. The number of methoxy groups -OCH3 is 1. The molecule has 35 heavy (non-hydrogen) atoms. The van der Waals surface area contributed by atoms with Gasteiger partial charge in [0.25, 0.3) is 10.0 Å². The maximum Gasteiger partial charge on any atom is 0.264 e. The summed E-state index contributed by atoms with van der Waals surface area (Å²) in [6.45, 7) is 1.68. The number of anilines is 1. The molecule has 6 nitrogen and oxygen atoms in total.